The number of carbonyl (C=O) groups excluding carboxylic acids is 1. The van der Waals surface area contributed by atoms with E-state index >= 15 is 0 Å². The lowest BCUT2D eigenvalue weighted by Gasteiger charge is -2.34. The first kappa shape index (κ1) is 18.1. The van der Waals surface area contributed by atoms with E-state index in [1.165, 1.54) is 41.7 Å². The monoisotopic (exact) mass is 380 g/mol. The Bertz CT molecular complexity index is 729. The first-order valence-electron chi connectivity index (χ1n) is 8.26. The molecule has 0 aliphatic carbocycles. The van der Waals surface area contributed by atoms with E-state index in [9.17, 15) is 9.18 Å². The third-order valence-corrected chi connectivity index (χ3v) is 5.98. The summed E-state index contributed by atoms with van der Waals surface area (Å²) in [4.78, 5) is 14.4. The number of amides is 1. The van der Waals surface area contributed by atoms with Gasteiger partial charge in [-0.2, -0.15) is 0 Å². The number of anilines is 2. The number of aromatic nitrogens is 2. The van der Waals surface area contributed by atoms with Gasteiger partial charge in [-0.1, -0.05) is 43.0 Å². The van der Waals surface area contributed by atoms with Crippen LogP contribution in [-0.2, 0) is 4.79 Å². The Balaban J connectivity index is 1.52. The molecule has 5 nitrogen and oxygen atoms in total. The number of hydrogen-bond acceptors (Lipinski definition) is 6. The van der Waals surface area contributed by atoms with Crippen molar-refractivity contribution < 1.29 is 9.18 Å². The lowest BCUT2D eigenvalue weighted by molar-refractivity contribution is -0.130. The minimum absolute atomic E-state index is 0.151. The maximum Gasteiger partial charge on any atom is 0.233 e. The smallest absolute Gasteiger partial charge is 0.233 e. The standard InChI is InChI=1S/C17H21FN4OS2/c1-11-6-12(2)9-22(8-11)15(23)10-24-17-21-20-16(25-17)19-14-5-3-4-13(18)7-14/h3-5,7,11-12H,6,8-10H2,1-2H3,(H,19,20)/t11-,12-/m1/s1. The number of rotatable bonds is 5. The summed E-state index contributed by atoms with van der Waals surface area (Å²) in [5, 5.41) is 11.7. The second kappa shape index (κ2) is 8.14. The highest BCUT2D eigenvalue weighted by Gasteiger charge is 2.25. The second-order valence-corrected chi connectivity index (χ2v) is 8.74. The molecule has 1 aromatic carbocycles. The fourth-order valence-electron chi connectivity index (χ4n) is 3.09. The average molecular weight is 381 g/mol. The van der Waals surface area contributed by atoms with E-state index in [-0.39, 0.29) is 11.7 Å². The molecule has 8 heteroatoms. The first-order valence-corrected chi connectivity index (χ1v) is 10.1. The highest BCUT2D eigenvalue weighted by molar-refractivity contribution is 8.01. The summed E-state index contributed by atoms with van der Waals surface area (Å²) in [5.41, 5.74) is 0.625. The van der Waals surface area contributed by atoms with Gasteiger partial charge < -0.3 is 10.2 Å². The van der Waals surface area contributed by atoms with Crippen molar-refractivity contribution in [1.82, 2.24) is 15.1 Å². The molecule has 1 aliphatic heterocycles. The molecule has 2 aromatic rings. The molecular weight excluding hydrogens is 359 g/mol. The van der Waals surface area contributed by atoms with Gasteiger partial charge in [-0.15, -0.1) is 10.2 Å². The molecule has 134 valence electrons. The topological polar surface area (TPSA) is 58.1 Å². The van der Waals surface area contributed by atoms with Crippen LogP contribution in [0.25, 0.3) is 0 Å². The van der Waals surface area contributed by atoms with Crippen molar-refractivity contribution in [2.24, 2.45) is 11.8 Å². The van der Waals surface area contributed by atoms with Gasteiger partial charge in [0.1, 0.15) is 5.82 Å². The van der Waals surface area contributed by atoms with Crippen molar-refractivity contribution in [2.75, 3.05) is 24.2 Å². The molecule has 1 N–H and O–H groups in total. The molecule has 2 heterocycles. The Labute approximate surface area is 155 Å². The van der Waals surface area contributed by atoms with E-state index in [4.69, 9.17) is 0 Å². The number of nitrogens with one attached hydrogen (secondary N) is 1. The van der Waals surface area contributed by atoms with Gasteiger partial charge in [0.15, 0.2) is 4.34 Å². The Morgan fingerprint density at radius 2 is 2.12 bits per heavy atom. The summed E-state index contributed by atoms with van der Waals surface area (Å²) in [5.74, 6) is 1.33. The number of piperidine rings is 1. The summed E-state index contributed by atoms with van der Waals surface area (Å²) < 4.78 is 13.9. The first-order chi connectivity index (χ1) is 12.0. The van der Waals surface area contributed by atoms with Gasteiger partial charge in [-0.05, 0) is 36.5 Å². The van der Waals surface area contributed by atoms with Crippen molar-refractivity contribution in [3.8, 4) is 0 Å². The van der Waals surface area contributed by atoms with E-state index in [1.807, 2.05) is 4.90 Å². The van der Waals surface area contributed by atoms with Crippen LogP contribution < -0.4 is 5.32 Å². The fraction of sp³-hybridized carbons (Fsp3) is 0.471. The summed E-state index contributed by atoms with van der Waals surface area (Å²) in [6.07, 6.45) is 1.18. The SMILES string of the molecule is C[C@@H]1C[C@@H](C)CN(C(=O)CSc2nnc(Nc3cccc(F)c3)s2)C1. The number of nitrogens with zero attached hydrogens (tertiary/aromatic N) is 3. The van der Waals surface area contributed by atoms with Crippen LogP contribution in [0.4, 0.5) is 15.2 Å². The summed E-state index contributed by atoms with van der Waals surface area (Å²) in [7, 11) is 0. The maximum atomic E-state index is 13.2. The number of hydrogen-bond donors (Lipinski definition) is 1. The summed E-state index contributed by atoms with van der Waals surface area (Å²) in [6.45, 7) is 6.06. The third kappa shape index (κ3) is 5.15. The summed E-state index contributed by atoms with van der Waals surface area (Å²) in [6, 6.07) is 6.18. The van der Waals surface area contributed by atoms with E-state index in [1.54, 1.807) is 12.1 Å². The highest BCUT2D eigenvalue weighted by atomic mass is 32.2. The van der Waals surface area contributed by atoms with Crippen LogP contribution in [0, 0.1) is 17.7 Å². The van der Waals surface area contributed by atoms with Crippen molar-refractivity contribution in [2.45, 2.75) is 24.6 Å². The lowest BCUT2D eigenvalue weighted by atomic mass is 9.92. The van der Waals surface area contributed by atoms with Crippen LogP contribution in [0.3, 0.4) is 0 Å². The number of thioether (sulfide) groups is 1. The molecule has 1 saturated heterocycles. The predicted octanol–water partition coefficient (Wildman–Crippen LogP) is 4.02. The van der Waals surface area contributed by atoms with Gasteiger partial charge in [-0.3, -0.25) is 4.79 Å². The zero-order valence-corrected chi connectivity index (χ0v) is 15.9. The van der Waals surface area contributed by atoms with Crippen molar-refractivity contribution >= 4 is 39.8 Å². The Morgan fingerprint density at radius 1 is 1.36 bits per heavy atom. The minimum Gasteiger partial charge on any atom is -0.341 e. The molecule has 0 bridgehead atoms. The van der Waals surface area contributed by atoms with Crippen LogP contribution >= 0.6 is 23.1 Å². The highest BCUT2D eigenvalue weighted by Crippen LogP contribution is 2.29. The molecule has 2 atom stereocenters. The Morgan fingerprint density at radius 3 is 2.84 bits per heavy atom. The normalized spacial score (nSPS) is 20.5. The predicted molar refractivity (Wildman–Crippen MR) is 99.8 cm³/mol. The minimum atomic E-state index is -0.306. The summed E-state index contributed by atoms with van der Waals surface area (Å²) >= 11 is 2.76. The van der Waals surface area contributed by atoms with Crippen molar-refractivity contribution in [1.29, 1.82) is 0 Å². The van der Waals surface area contributed by atoms with Gasteiger partial charge in [0.2, 0.25) is 11.0 Å². The van der Waals surface area contributed by atoms with Gasteiger partial charge in [0.05, 0.1) is 5.75 Å². The van der Waals surface area contributed by atoms with Gasteiger partial charge in [0, 0.05) is 18.8 Å². The maximum absolute atomic E-state index is 13.2. The molecule has 0 unspecified atom stereocenters. The lowest BCUT2D eigenvalue weighted by Crippen LogP contribution is -2.43. The van der Waals surface area contributed by atoms with Gasteiger partial charge in [-0.25, -0.2) is 4.39 Å². The molecule has 0 radical (unpaired) electrons. The molecule has 0 spiro atoms. The number of likely N-dealkylation sites (tertiary alicyclic amines) is 1. The molecular formula is C17H21FN4OS2. The average Bonchev–Trinajstić information content (AvgIpc) is 2.99. The number of benzene rings is 1. The largest absolute Gasteiger partial charge is 0.341 e. The van der Waals surface area contributed by atoms with E-state index in [2.05, 4.69) is 29.4 Å². The quantitative estimate of drug-likeness (QED) is 0.794. The van der Waals surface area contributed by atoms with Crippen LogP contribution in [0.2, 0.25) is 0 Å². The zero-order chi connectivity index (χ0) is 17.8. The number of carbonyl (C=O) groups is 1. The van der Waals surface area contributed by atoms with Crippen LogP contribution in [0.1, 0.15) is 20.3 Å². The Hall–Kier alpha value is -1.67. The Kier molecular flexibility index (Phi) is 5.90. The molecule has 3 rings (SSSR count). The van der Waals surface area contributed by atoms with Crippen LogP contribution in [0.5, 0.6) is 0 Å². The van der Waals surface area contributed by atoms with Crippen LogP contribution in [-0.4, -0.2) is 39.8 Å². The van der Waals surface area contributed by atoms with Gasteiger partial charge in [0.25, 0.3) is 0 Å². The second-order valence-electron chi connectivity index (χ2n) is 6.54. The third-order valence-electron chi connectivity index (χ3n) is 4.02. The molecule has 1 amide bonds. The van der Waals surface area contributed by atoms with Crippen molar-refractivity contribution in [3.63, 3.8) is 0 Å². The molecule has 1 aliphatic rings. The van der Waals surface area contributed by atoms with Gasteiger partial charge >= 0.3 is 0 Å². The van der Waals surface area contributed by atoms with Crippen LogP contribution in [0.15, 0.2) is 28.6 Å². The van der Waals surface area contributed by atoms with Crippen molar-refractivity contribution in [3.05, 3.63) is 30.1 Å². The number of halogens is 1. The van der Waals surface area contributed by atoms with E-state index < -0.39 is 0 Å². The molecule has 1 fully saturated rings. The molecule has 25 heavy (non-hydrogen) atoms. The molecule has 0 saturated carbocycles. The van der Waals surface area contributed by atoms with E-state index in [0.29, 0.717) is 28.4 Å². The fourth-order valence-corrected chi connectivity index (χ4v) is 4.76. The molecule has 1 aromatic heterocycles. The van der Waals surface area contributed by atoms with E-state index in [0.717, 1.165) is 17.4 Å². The zero-order valence-electron chi connectivity index (χ0n) is 14.2.